The van der Waals surface area contributed by atoms with Crippen molar-refractivity contribution in [1.29, 1.82) is 0 Å². The van der Waals surface area contributed by atoms with Crippen LogP contribution >= 0.6 is 0 Å². The van der Waals surface area contributed by atoms with E-state index < -0.39 is 5.97 Å². The molecule has 1 aliphatic heterocycles. The fourth-order valence-electron chi connectivity index (χ4n) is 2.32. The van der Waals surface area contributed by atoms with E-state index in [1.165, 1.54) is 11.3 Å². The predicted molar refractivity (Wildman–Crippen MR) is 75.6 cm³/mol. The van der Waals surface area contributed by atoms with Crippen molar-refractivity contribution in [2.75, 3.05) is 38.1 Å². The van der Waals surface area contributed by atoms with Crippen molar-refractivity contribution in [1.82, 2.24) is 10.2 Å². The average molecular weight is 277 g/mol. The molecule has 6 nitrogen and oxygen atoms in total. The van der Waals surface area contributed by atoms with Gasteiger partial charge in [0.1, 0.15) is 6.54 Å². The summed E-state index contributed by atoms with van der Waals surface area (Å²) in [7, 11) is 2.03. The average Bonchev–Trinajstić information content (AvgIpc) is 2.57. The number of hydrogen-bond acceptors (Lipinski definition) is 4. The Hall–Kier alpha value is -2.08. The first kappa shape index (κ1) is 14.3. The second kappa shape index (κ2) is 6.38. The minimum absolute atomic E-state index is 0.218. The van der Waals surface area contributed by atoms with Gasteiger partial charge >= 0.3 is 5.97 Å². The smallest absolute Gasteiger partial charge is 0.322 e. The summed E-state index contributed by atoms with van der Waals surface area (Å²) in [5.74, 6) is -1.28. The number of rotatable bonds is 4. The van der Waals surface area contributed by atoms with E-state index in [4.69, 9.17) is 5.11 Å². The Kier molecular flexibility index (Phi) is 4.57. The lowest BCUT2D eigenvalue weighted by atomic mass is 10.1. The summed E-state index contributed by atoms with van der Waals surface area (Å²) in [6.45, 7) is 2.19. The quantitative estimate of drug-likeness (QED) is 0.819. The first-order valence-corrected chi connectivity index (χ1v) is 6.56. The van der Waals surface area contributed by atoms with E-state index in [1.54, 1.807) is 0 Å². The zero-order valence-electron chi connectivity index (χ0n) is 11.5. The van der Waals surface area contributed by atoms with Gasteiger partial charge in [-0.25, -0.2) is 0 Å². The zero-order chi connectivity index (χ0) is 14.5. The van der Waals surface area contributed by atoms with E-state index in [1.807, 2.05) is 24.1 Å². The van der Waals surface area contributed by atoms with E-state index in [0.717, 1.165) is 13.1 Å². The third kappa shape index (κ3) is 3.71. The van der Waals surface area contributed by atoms with Crippen LogP contribution in [0.3, 0.4) is 0 Å². The van der Waals surface area contributed by atoms with Crippen LogP contribution in [0.15, 0.2) is 24.3 Å². The van der Waals surface area contributed by atoms with Crippen molar-refractivity contribution >= 4 is 17.6 Å². The van der Waals surface area contributed by atoms with Crippen LogP contribution in [-0.2, 0) is 16.1 Å². The van der Waals surface area contributed by atoms with Gasteiger partial charge < -0.3 is 15.3 Å². The van der Waals surface area contributed by atoms with E-state index in [9.17, 15) is 9.59 Å². The monoisotopic (exact) mass is 277 g/mol. The molecule has 0 atom stereocenters. The number of aliphatic carboxylic acids is 1. The molecule has 2 N–H and O–H groups in total. The highest BCUT2D eigenvalue weighted by Gasteiger charge is 2.19. The Balaban J connectivity index is 1.98. The first-order chi connectivity index (χ1) is 9.56. The second-order valence-electron chi connectivity index (χ2n) is 4.93. The summed E-state index contributed by atoms with van der Waals surface area (Å²) >= 11 is 0. The van der Waals surface area contributed by atoms with E-state index >= 15 is 0 Å². The van der Waals surface area contributed by atoms with Crippen LogP contribution in [0.1, 0.15) is 5.56 Å². The van der Waals surface area contributed by atoms with Gasteiger partial charge in [0.15, 0.2) is 0 Å². The zero-order valence-corrected chi connectivity index (χ0v) is 11.5. The molecule has 0 unspecified atom stereocenters. The number of hydrogen-bond donors (Lipinski definition) is 2. The molecular weight excluding hydrogens is 258 g/mol. The van der Waals surface area contributed by atoms with E-state index in [0.29, 0.717) is 6.54 Å². The van der Waals surface area contributed by atoms with Gasteiger partial charge in [-0.2, -0.15) is 0 Å². The van der Waals surface area contributed by atoms with Gasteiger partial charge in [0.05, 0.1) is 6.54 Å². The Morgan fingerprint density at radius 2 is 2.05 bits per heavy atom. The molecule has 1 amide bonds. The first-order valence-electron chi connectivity index (χ1n) is 6.56. The van der Waals surface area contributed by atoms with Crippen molar-refractivity contribution in [2.24, 2.45) is 0 Å². The summed E-state index contributed by atoms with van der Waals surface area (Å²) in [6, 6.07) is 8.12. The summed E-state index contributed by atoms with van der Waals surface area (Å²) in [5.41, 5.74) is 2.36. The predicted octanol–water partition coefficient (Wildman–Crippen LogP) is 0.139. The van der Waals surface area contributed by atoms with Crippen LogP contribution in [0, 0.1) is 0 Å². The summed E-state index contributed by atoms with van der Waals surface area (Å²) in [6.07, 6.45) is 0. The van der Waals surface area contributed by atoms with Crippen molar-refractivity contribution < 1.29 is 14.7 Å². The van der Waals surface area contributed by atoms with Crippen LogP contribution in [0.2, 0.25) is 0 Å². The highest BCUT2D eigenvalue weighted by Crippen LogP contribution is 2.23. The van der Waals surface area contributed by atoms with Gasteiger partial charge in [0.25, 0.3) is 0 Å². The highest BCUT2D eigenvalue weighted by molar-refractivity contribution is 5.82. The summed E-state index contributed by atoms with van der Waals surface area (Å²) < 4.78 is 0. The van der Waals surface area contributed by atoms with Crippen molar-refractivity contribution in [3.63, 3.8) is 0 Å². The summed E-state index contributed by atoms with van der Waals surface area (Å²) in [4.78, 5) is 26.3. The maximum absolute atomic E-state index is 11.7. The topological polar surface area (TPSA) is 72.9 Å². The standard InChI is InChI=1S/C14H19N3O3/c1-16-6-7-17(10-13(18)15-8-14(19)20)9-11-4-2-3-5-12(11)16/h2-5H,6-10H2,1H3,(H,15,18)(H,19,20). The number of nitrogens with one attached hydrogen (secondary N) is 1. The van der Waals surface area contributed by atoms with Gasteiger partial charge in [-0.05, 0) is 11.6 Å². The molecule has 0 bridgehead atoms. The largest absolute Gasteiger partial charge is 0.480 e. The maximum atomic E-state index is 11.7. The van der Waals surface area contributed by atoms with Gasteiger partial charge in [-0.1, -0.05) is 18.2 Å². The van der Waals surface area contributed by atoms with Gasteiger partial charge in [0, 0.05) is 32.4 Å². The lowest BCUT2D eigenvalue weighted by Gasteiger charge is -2.19. The number of carboxylic acids is 1. The minimum atomic E-state index is -1.03. The van der Waals surface area contributed by atoms with Crippen molar-refractivity contribution in [3.8, 4) is 0 Å². The molecular formula is C14H19N3O3. The van der Waals surface area contributed by atoms with E-state index in [-0.39, 0.29) is 19.0 Å². The minimum Gasteiger partial charge on any atom is -0.480 e. The number of anilines is 1. The van der Waals surface area contributed by atoms with Crippen LogP contribution in [0.25, 0.3) is 0 Å². The van der Waals surface area contributed by atoms with Crippen molar-refractivity contribution in [2.45, 2.75) is 6.54 Å². The molecule has 1 aliphatic rings. The molecule has 2 rings (SSSR count). The van der Waals surface area contributed by atoms with E-state index in [2.05, 4.69) is 22.3 Å². The third-order valence-electron chi connectivity index (χ3n) is 3.35. The molecule has 6 heteroatoms. The Morgan fingerprint density at radius 1 is 1.30 bits per heavy atom. The van der Waals surface area contributed by atoms with Gasteiger partial charge in [-0.3, -0.25) is 14.5 Å². The molecule has 1 heterocycles. The molecule has 1 aromatic rings. The molecule has 0 aromatic heterocycles. The molecule has 0 radical (unpaired) electrons. The Morgan fingerprint density at radius 3 is 2.80 bits per heavy atom. The number of carbonyl (C=O) groups is 2. The maximum Gasteiger partial charge on any atom is 0.322 e. The van der Waals surface area contributed by atoms with Crippen LogP contribution in [-0.4, -0.2) is 55.1 Å². The van der Waals surface area contributed by atoms with Crippen molar-refractivity contribution in [3.05, 3.63) is 29.8 Å². The number of likely N-dealkylation sites (N-methyl/N-ethyl adjacent to an activating group) is 1. The molecule has 108 valence electrons. The number of nitrogens with zero attached hydrogens (tertiary/aromatic N) is 2. The number of para-hydroxylation sites is 1. The highest BCUT2D eigenvalue weighted by atomic mass is 16.4. The molecule has 0 aliphatic carbocycles. The second-order valence-corrected chi connectivity index (χ2v) is 4.93. The number of carboxylic acid groups (broad SMARTS) is 1. The van der Waals surface area contributed by atoms with Crippen LogP contribution in [0.4, 0.5) is 5.69 Å². The lowest BCUT2D eigenvalue weighted by Crippen LogP contribution is -2.40. The number of carbonyl (C=O) groups excluding carboxylic acids is 1. The number of benzene rings is 1. The molecule has 0 saturated carbocycles. The molecule has 0 saturated heterocycles. The normalized spacial score (nSPS) is 15.3. The number of fused-ring (bicyclic) bond motifs is 1. The fraction of sp³-hybridized carbons (Fsp3) is 0.429. The SMILES string of the molecule is CN1CCN(CC(=O)NCC(=O)O)Cc2ccccc21. The van der Waals surface area contributed by atoms with Crippen LogP contribution in [0.5, 0.6) is 0 Å². The summed E-state index contributed by atoms with van der Waals surface area (Å²) in [5, 5.41) is 10.9. The number of amides is 1. The Bertz CT molecular complexity index is 504. The molecule has 0 spiro atoms. The Labute approximate surface area is 118 Å². The van der Waals surface area contributed by atoms with Crippen LogP contribution < -0.4 is 10.2 Å². The third-order valence-corrected chi connectivity index (χ3v) is 3.35. The lowest BCUT2D eigenvalue weighted by molar-refractivity contribution is -0.138. The van der Waals surface area contributed by atoms with Gasteiger partial charge in [0.2, 0.25) is 5.91 Å². The fourth-order valence-corrected chi connectivity index (χ4v) is 2.32. The molecule has 1 aromatic carbocycles. The van der Waals surface area contributed by atoms with Gasteiger partial charge in [-0.15, -0.1) is 0 Å². The molecule has 0 fully saturated rings. The molecule has 20 heavy (non-hydrogen) atoms.